The van der Waals surface area contributed by atoms with Gasteiger partial charge in [-0.3, -0.25) is 15.4 Å². The lowest BCUT2D eigenvalue weighted by molar-refractivity contribution is 0.581. The van der Waals surface area contributed by atoms with Crippen LogP contribution in [0.3, 0.4) is 0 Å². The first-order chi connectivity index (χ1) is 14.3. The molecule has 7 nitrogen and oxygen atoms in total. The number of nitrogens with one attached hydrogen (secondary N) is 3. The maximum Gasteiger partial charge on any atom is 0.255 e. The first kappa shape index (κ1) is 21.3. The van der Waals surface area contributed by atoms with E-state index in [9.17, 15) is 8.42 Å². The minimum Gasteiger partial charge on any atom is -0.292 e. The largest absolute Gasteiger partial charge is 0.292 e. The zero-order valence-electron chi connectivity index (χ0n) is 15.4. The molecule has 0 spiro atoms. The van der Waals surface area contributed by atoms with E-state index in [2.05, 4.69) is 25.2 Å². The van der Waals surface area contributed by atoms with Crippen molar-refractivity contribution < 1.29 is 8.42 Å². The molecular weight excluding hydrogens is 469 g/mol. The Morgan fingerprint density at radius 3 is 2.40 bits per heavy atom. The minimum atomic E-state index is -3.86. The fourth-order valence-corrected chi connectivity index (χ4v) is 4.92. The lowest BCUT2D eigenvalue weighted by Crippen LogP contribution is -2.36. The second kappa shape index (κ2) is 8.66. The van der Waals surface area contributed by atoms with Gasteiger partial charge in [0, 0.05) is 20.6 Å². The highest BCUT2D eigenvalue weighted by Gasteiger charge is 2.29. The maximum atomic E-state index is 12.9. The summed E-state index contributed by atoms with van der Waals surface area (Å²) >= 11 is 18.4. The Morgan fingerprint density at radius 2 is 1.73 bits per heavy atom. The molecule has 0 radical (unpaired) electrons. The molecule has 1 aliphatic heterocycles. The molecule has 0 saturated heterocycles. The molecule has 0 bridgehead atoms. The van der Waals surface area contributed by atoms with E-state index in [0.717, 1.165) is 5.56 Å². The van der Waals surface area contributed by atoms with Crippen molar-refractivity contribution in [2.75, 3.05) is 13.2 Å². The first-order valence-corrected chi connectivity index (χ1v) is 11.5. The smallest absolute Gasteiger partial charge is 0.255 e. The third-order valence-corrected chi connectivity index (χ3v) is 6.80. The lowest BCUT2D eigenvalue weighted by atomic mass is 10.0. The van der Waals surface area contributed by atoms with Crippen LogP contribution >= 0.6 is 34.8 Å². The molecule has 1 unspecified atom stereocenters. The standard InChI is InChI=1S/C19H16Cl3N5O2S/c20-12-3-1-11(2-4-12)16-8-17(26-25-16)19(14-6-5-13(21)7-15(14)22)27-30(28,29)18-9-23-10-24-18/h1-8,19,23,27H,9-10H2,(H,25,26). The number of benzene rings is 2. The summed E-state index contributed by atoms with van der Waals surface area (Å²) in [6.07, 6.45) is 0. The molecule has 1 aliphatic rings. The van der Waals surface area contributed by atoms with Crippen LogP contribution in [0, 0.1) is 0 Å². The second-order valence-electron chi connectivity index (χ2n) is 6.57. The van der Waals surface area contributed by atoms with Gasteiger partial charge in [-0.1, -0.05) is 53.0 Å². The summed E-state index contributed by atoms with van der Waals surface area (Å²) in [5, 5.41) is 11.5. The van der Waals surface area contributed by atoms with E-state index in [-0.39, 0.29) is 18.3 Å². The van der Waals surface area contributed by atoms with Gasteiger partial charge >= 0.3 is 0 Å². The Balaban J connectivity index is 1.75. The zero-order chi connectivity index (χ0) is 21.3. The molecule has 2 heterocycles. The van der Waals surface area contributed by atoms with Crippen LogP contribution in [0.1, 0.15) is 17.3 Å². The maximum absolute atomic E-state index is 12.9. The summed E-state index contributed by atoms with van der Waals surface area (Å²) in [6, 6.07) is 13.0. The Hall–Kier alpha value is -1.94. The van der Waals surface area contributed by atoms with Gasteiger partial charge in [-0.15, -0.1) is 0 Å². The summed E-state index contributed by atoms with van der Waals surface area (Å²) in [7, 11) is -3.86. The van der Waals surface area contributed by atoms with Crippen molar-refractivity contribution in [3.63, 3.8) is 0 Å². The summed E-state index contributed by atoms with van der Waals surface area (Å²) in [5.74, 6) is 0. The van der Waals surface area contributed by atoms with E-state index in [1.54, 1.807) is 36.4 Å². The van der Waals surface area contributed by atoms with E-state index in [4.69, 9.17) is 34.8 Å². The number of aromatic nitrogens is 2. The molecule has 0 saturated carbocycles. The van der Waals surface area contributed by atoms with Gasteiger partial charge in [-0.05, 0) is 35.9 Å². The average Bonchev–Trinajstić information content (AvgIpc) is 3.40. The van der Waals surface area contributed by atoms with Crippen molar-refractivity contribution in [3.8, 4) is 11.3 Å². The van der Waals surface area contributed by atoms with E-state index in [1.807, 2.05) is 12.1 Å². The van der Waals surface area contributed by atoms with Crippen LogP contribution in [-0.2, 0) is 10.0 Å². The van der Waals surface area contributed by atoms with E-state index in [0.29, 0.717) is 32.0 Å². The highest BCUT2D eigenvalue weighted by Crippen LogP contribution is 2.32. The third-order valence-electron chi connectivity index (χ3n) is 4.55. The van der Waals surface area contributed by atoms with Gasteiger partial charge in [0.2, 0.25) is 0 Å². The number of rotatable bonds is 5. The SMILES string of the molecule is O=S(=O)(NC(c1cc(-c2ccc(Cl)cc2)n[nH]1)c1ccc(Cl)cc1Cl)C1=NCNC1. The Labute approximate surface area is 188 Å². The molecule has 0 aliphatic carbocycles. The minimum absolute atomic E-state index is 0.0371. The Morgan fingerprint density at radius 1 is 1.00 bits per heavy atom. The Bertz CT molecular complexity index is 1210. The van der Waals surface area contributed by atoms with Gasteiger partial charge in [0.1, 0.15) is 0 Å². The number of nitrogens with zero attached hydrogens (tertiary/aromatic N) is 2. The van der Waals surface area contributed by atoms with Crippen molar-refractivity contribution >= 4 is 49.9 Å². The quantitative estimate of drug-likeness (QED) is 0.509. The van der Waals surface area contributed by atoms with Crippen LogP contribution in [0.4, 0.5) is 0 Å². The van der Waals surface area contributed by atoms with Gasteiger partial charge < -0.3 is 0 Å². The van der Waals surface area contributed by atoms with Crippen LogP contribution < -0.4 is 10.0 Å². The van der Waals surface area contributed by atoms with Crippen LogP contribution in [0.15, 0.2) is 53.5 Å². The van der Waals surface area contributed by atoms with Crippen LogP contribution in [0.2, 0.25) is 15.1 Å². The van der Waals surface area contributed by atoms with Crippen molar-refractivity contribution in [2.45, 2.75) is 6.04 Å². The van der Waals surface area contributed by atoms with Gasteiger partial charge in [-0.2, -0.15) is 9.82 Å². The summed E-state index contributed by atoms with van der Waals surface area (Å²) in [5.41, 5.74) is 2.51. The van der Waals surface area contributed by atoms with Gasteiger partial charge in [0.15, 0.2) is 5.04 Å². The molecule has 3 N–H and O–H groups in total. The Kier molecular flexibility index (Phi) is 6.15. The third kappa shape index (κ3) is 4.54. The molecular formula is C19H16Cl3N5O2S. The predicted molar refractivity (Wildman–Crippen MR) is 120 cm³/mol. The van der Waals surface area contributed by atoms with Crippen molar-refractivity contribution in [3.05, 3.63) is 74.9 Å². The first-order valence-electron chi connectivity index (χ1n) is 8.86. The van der Waals surface area contributed by atoms with Crippen molar-refractivity contribution in [1.82, 2.24) is 20.2 Å². The molecule has 2 aromatic carbocycles. The molecule has 11 heteroatoms. The molecule has 1 aromatic heterocycles. The number of H-pyrrole nitrogens is 1. The van der Waals surface area contributed by atoms with Crippen molar-refractivity contribution in [2.24, 2.45) is 4.99 Å². The second-order valence-corrected chi connectivity index (χ2v) is 9.57. The molecule has 4 rings (SSSR count). The fraction of sp³-hybridized carbons (Fsp3) is 0.158. The molecule has 0 amide bonds. The fourth-order valence-electron chi connectivity index (χ4n) is 3.05. The lowest BCUT2D eigenvalue weighted by Gasteiger charge is -2.19. The normalized spacial score (nSPS) is 15.2. The summed E-state index contributed by atoms with van der Waals surface area (Å²) in [4.78, 5) is 4.01. The summed E-state index contributed by atoms with van der Waals surface area (Å²) in [6.45, 7) is 0.419. The highest BCUT2D eigenvalue weighted by molar-refractivity contribution is 8.04. The van der Waals surface area contributed by atoms with E-state index in [1.165, 1.54) is 0 Å². The summed E-state index contributed by atoms with van der Waals surface area (Å²) < 4.78 is 28.4. The molecule has 156 valence electrons. The molecule has 30 heavy (non-hydrogen) atoms. The highest BCUT2D eigenvalue weighted by atomic mass is 35.5. The van der Waals surface area contributed by atoms with Crippen LogP contribution in [0.5, 0.6) is 0 Å². The van der Waals surface area contributed by atoms with E-state index < -0.39 is 16.1 Å². The zero-order valence-corrected chi connectivity index (χ0v) is 18.4. The number of sulfonamides is 1. The van der Waals surface area contributed by atoms with E-state index >= 15 is 0 Å². The van der Waals surface area contributed by atoms with Gasteiger partial charge in [-0.25, -0.2) is 8.42 Å². The van der Waals surface area contributed by atoms with Crippen molar-refractivity contribution in [1.29, 1.82) is 0 Å². The molecule has 0 fully saturated rings. The average molecular weight is 485 g/mol. The predicted octanol–water partition coefficient (Wildman–Crippen LogP) is 4.00. The van der Waals surface area contributed by atoms with Crippen LogP contribution in [-0.4, -0.2) is 36.9 Å². The number of halogens is 3. The number of hydrogen-bond acceptors (Lipinski definition) is 5. The number of hydrogen-bond donors (Lipinski definition) is 3. The molecule has 1 atom stereocenters. The topological polar surface area (TPSA) is 99.2 Å². The number of aromatic amines is 1. The van der Waals surface area contributed by atoms with Crippen LogP contribution in [0.25, 0.3) is 11.3 Å². The molecule has 3 aromatic rings. The monoisotopic (exact) mass is 483 g/mol. The van der Waals surface area contributed by atoms with Gasteiger partial charge in [0.05, 0.1) is 30.6 Å². The van der Waals surface area contributed by atoms with Gasteiger partial charge in [0.25, 0.3) is 10.0 Å². The number of aliphatic imine (C=N–C) groups is 1.